The maximum atomic E-state index is 13.1. The van der Waals surface area contributed by atoms with Crippen molar-refractivity contribution < 1.29 is 4.39 Å². The summed E-state index contributed by atoms with van der Waals surface area (Å²) in [5.74, 6) is -0.265. The van der Waals surface area contributed by atoms with Crippen molar-refractivity contribution in [3.8, 4) is 0 Å². The predicted octanol–water partition coefficient (Wildman–Crippen LogP) is 2.68. The molecule has 2 N–H and O–H groups in total. The van der Waals surface area contributed by atoms with Gasteiger partial charge in [0.05, 0.1) is 11.1 Å². The summed E-state index contributed by atoms with van der Waals surface area (Å²) in [5, 5.41) is 3.73. The summed E-state index contributed by atoms with van der Waals surface area (Å²) in [7, 11) is 0. The molecule has 3 nitrogen and oxygen atoms in total. The van der Waals surface area contributed by atoms with Crippen LogP contribution in [0, 0.1) is 5.82 Å². The topological polar surface area (TPSA) is 51.8 Å². The van der Waals surface area contributed by atoms with Gasteiger partial charge in [-0.1, -0.05) is 20.4 Å². The summed E-state index contributed by atoms with van der Waals surface area (Å²) < 4.78 is 17.6. The Morgan fingerprint density at radius 2 is 2.25 bits per heavy atom. The number of nitrogens with zero attached hydrogens (tertiary/aromatic N) is 2. The molecule has 0 bridgehead atoms. The maximum absolute atomic E-state index is 13.1. The molecule has 0 aliphatic heterocycles. The van der Waals surface area contributed by atoms with Gasteiger partial charge in [0.1, 0.15) is 5.82 Å². The molecule has 2 aromatic rings. The second-order valence-corrected chi connectivity index (χ2v) is 5.14. The molecule has 2 rings (SSSR count). The summed E-state index contributed by atoms with van der Waals surface area (Å²) in [6.45, 7) is 0. The van der Waals surface area contributed by atoms with Crippen molar-refractivity contribution in [3.63, 3.8) is 0 Å². The lowest BCUT2D eigenvalue weighted by atomic mass is 10.1. The van der Waals surface area contributed by atoms with Gasteiger partial charge in [0, 0.05) is 10.5 Å². The van der Waals surface area contributed by atoms with Gasteiger partial charge in [-0.05, 0) is 41.7 Å². The van der Waals surface area contributed by atoms with Crippen LogP contribution in [-0.4, -0.2) is 9.59 Å². The van der Waals surface area contributed by atoms with E-state index < -0.39 is 0 Å². The Balaban J connectivity index is 2.15. The van der Waals surface area contributed by atoms with Crippen molar-refractivity contribution in [2.24, 2.45) is 5.73 Å². The lowest BCUT2D eigenvalue weighted by molar-refractivity contribution is 0.621. The van der Waals surface area contributed by atoms with Crippen LogP contribution in [0.15, 0.2) is 28.9 Å². The maximum Gasteiger partial charge on any atom is 0.124 e. The van der Waals surface area contributed by atoms with E-state index in [1.165, 1.54) is 23.7 Å². The Hall–Kier alpha value is -0.850. The molecule has 1 unspecified atom stereocenters. The number of aromatic nitrogens is 2. The minimum atomic E-state index is -0.265. The van der Waals surface area contributed by atoms with Crippen LogP contribution in [0.3, 0.4) is 0 Å². The standard InChI is InChI=1S/C10H9BrFN3S/c11-7-1-6(2-8(12)4-7)3-9(13)10-5-14-15-16-10/h1-2,4-5,9H,3,13H2. The molecule has 0 saturated carbocycles. The van der Waals surface area contributed by atoms with Gasteiger partial charge in [0.15, 0.2) is 0 Å². The molecule has 1 heterocycles. The molecule has 1 aromatic carbocycles. The minimum absolute atomic E-state index is 0.186. The quantitative estimate of drug-likeness (QED) is 0.948. The molecule has 0 aliphatic carbocycles. The molecular weight excluding hydrogens is 293 g/mol. The van der Waals surface area contributed by atoms with Crippen LogP contribution in [-0.2, 0) is 6.42 Å². The van der Waals surface area contributed by atoms with Gasteiger partial charge in [-0.15, -0.1) is 5.10 Å². The number of hydrogen-bond acceptors (Lipinski definition) is 4. The van der Waals surface area contributed by atoms with Crippen LogP contribution in [0.5, 0.6) is 0 Å². The molecule has 1 atom stereocenters. The summed E-state index contributed by atoms with van der Waals surface area (Å²) in [6, 6.07) is 4.58. The first-order valence-electron chi connectivity index (χ1n) is 4.63. The fourth-order valence-corrected chi connectivity index (χ4v) is 2.44. The first-order chi connectivity index (χ1) is 7.65. The highest BCUT2D eigenvalue weighted by molar-refractivity contribution is 9.10. The van der Waals surface area contributed by atoms with Gasteiger partial charge in [-0.25, -0.2) is 4.39 Å². The molecule has 16 heavy (non-hydrogen) atoms. The number of hydrogen-bond donors (Lipinski definition) is 1. The van der Waals surface area contributed by atoms with E-state index in [9.17, 15) is 4.39 Å². The highest BCUT2D eigenvalue weighted by Crippen LogP contribution is 2.21. The van der Waals surface area contributed by atoms with E-state index in [1.54, 1.807) is 6.20 Å². The molecule has 0 radical (unpaired) electrons. The van der Waals surface area contributed by atoms with E-state index in [-0.39, 0.29) is 11.9 Å². The molecule has 0 aliphatic rings. The van der Waals surface area contributed by atoms with E-state index in [4.69, 9.17) is 5.73 Å². The van der Waals surface area contributed by atoms with Crippen molar-refractivity contribution in [1.29, 1.82) is 0 Å². The Bertz CT molecular complexity index is 455. The van der Waals surface area contributed by atoms with E-state index in [1.807, 2.05) is 6.07 Å². The van der Waals surface area contributed by atoms with E-state index in [2.05, 4.69) is 25.5 Å². The number of nitrogens with two attached hydrogens (primary N) is 1. The zero-order valence-electron chi connectivity index (χ0n) is 8.23. The molecule has 0 saturated heterocycles. The van der Waals surface area contributed by atoms with E-state index >= 15 is 0 Å². The monoisotopic (exact) mass is 301 g/mol. The van der Waals surface area contributed by atoms with E-state index in [0.717, 1.165) is 14.9 Å². The van der Waals surface area contributed by atoms with Crippen LogP contribution >= 0.6 is 27.5 Å². The van der Waals surface area contributed by atoms with Crippen LogP contribution < -0.4 is 5.73 Å². The third-order valence-electron chi connectivity index (χ3n) is 2.12. The molecule has 0 fully saturated rings. The molecule has 6 heteroatoms. The average Bonchev–Trinajstić information content (AvgIpc) is 2.68. The summed E-state index contributed by atoms with van der Waals surface area (Å²) >= 11 is 4.52. The van der Waals surface area contributed by atoms with Gasteiger partial charge in [0.25, 0.3) is 0 Å². The molecule has 0 spiro atoms. The molecule has 84 valence electrons. The Morgan fingerprint density at radius 1 is 1.44 bits per heavy atom. The van der Waals surface area contributed by atoms with Crippen molar-refractivity contribution in [2.75, 3.05) is 0 Å². The first kappa shape index (κ1) is 11.6. The smallest absolute Gasteiger partial charge is 0.124 e. The molecule has 0 amide bonds. The highest BCUT2D eigenvalue weighted by atomic mass is 79.9. The minimum Gasteiger partial charge on any atom is -0.323 e. The summed E-state index contributed by atoms with van der Waals surface area (Å²) in [5.41, 5.74) is 6.82. The van der Waals surface area contributed by atoms with Gasteiger partial charge in [-0.3, -0.25) is 0 Å². The van der Waals surface area contributed by atoms with Crippen molar-refractivity contribution in [1.82, 2.24) is 9.59 Å². The van der Waals surface area contributed by atoms with Crippen molar-refractivity contribution in [2.45, 2.75) is 12.5 Å². The van der Waals surface area contributed by atoms with Gasteiger partial charge >= 0.3 is 0 Å². The van der Waals surface area contributed by atoms with Crippen LogP contribution in [0.1, 0.15) is 16.5 Å². The normalized spacial score (nSPS) is 12.7. The Morgan fingerprint density at radius 3 is 2.88 bits per heavy atom. The lowest BCUT2D eigenvalue weighted by Gasteiger charge is -2.08. The van der Waals surface area contributed by atoms with Crippen molar-refractivity contribution >= 4 is 27.5 Å². The Kier molecular flexibility index (Phi) is 3.63. The lowest BCUT2D eigenvalue weighted by Crippen LogP contribution is -2.11. The van der Waals surface area contributed by atoms with Gasteiger partial charge < -0.3 is 5.73 Å². The zero-order chi connectivity index (χ0) is 11.5. The number of benzene rings is 1. The second-order valence-electron chi connectivity index (χ2n) is 3.41. The van der Waals surface area contributed by atoms with Gasteiger partial charge in [0.2, 0.25) is 0 Å². The SMILES string of the molecule is NC(Cc1cc(F)cc(Br)c1)c1cnns1. The predicted molar refractivity (Wildman–Crippen MR) is 64.6 cm³/mol. The van der Waals surface area contributed by atoms with Crippen LogP contribution in [0.2, 0.25) is 0 Å². The summed E-state index contributed by atoms with van der Waals surface area (Å²) in [6.07, 6.45) is 2.21. The third kappa shape index (κ3) is 2.84. The third-order valence-corrected chi connectivity index (χ3v) is 3.37. The highest BCUT2D eigenvalue weighted by Gasteiger charge is 2.10. The zero-order valence-corrected chi connectivity index (χ0v) is 10.6. The number of halogens is 2. The summed E-state index contributed by atoms with van der Waals surface area (Å²) in [4.78, 5) is 0.903. The number of rotatable bonds is 3. The van der Waals surface area contributed by atoms with Gasteiger partial charge in [-0.2, -0.15) is 0 Å². The van der Waals surface area contributed by atoms with E-state index in [0.29, 0.717) is 6.42 Å². The Labute approximate surface area is 105 Å². The van der Waals surface area contributed by atoms with Crippen LogP contribution in [0.25, 0.3) is 0 Å². The largest absolute Gasteiger partial charge is 0.323 e. The fraction of sp³-hybridized carbons (Fsp3) is 0.200. The second kappa shape index (κ2) is 4.99. The fourth-order valence-electron chi connectivity index (χ4n) is 1.42. The first-order valence-corrected chi connectivity index (χ1v) is 6.19. The van der Waals surface area contributed by atoms with Crippen molar-refractivity contribution in [3.05, 3.63) is 45.1 Å². The van der Waals surface area contributed by atoms with Crippen LogP contribution in [0.4, 0.5) is 4.39 Å². The molecule has 1 aromatic heterocycles. The molecular formula is C10H9BrFN3S. The average molecular weight is 302 g/mol.